The van der Waals surface area contributed by atoms with E-state index in [0.717, 1.165) is 51.6 Å². The van der Waals surface area contributed by atoms with Gasteiger partial charge in [0.1, 0.15) is 11.4 Å². The molecule has 2 aromatic rings. The summed E-state index contributed by atoms with van der Waals surface area (Å²) in [5, 5.41) is 1.65. The zero-order chi connectivity index (χ0) is 29.8. The Labute approximate surface area is 247 Å². The number of piperidine rings is 1. The van der Waals surface area contributed by atoms with Crippen LogP contribution < -0.4 is 20.0 Å². The highest BCUT2D eigenvalue weighted by Crippen LogP contribution is 2.38. The Morgan fingerprint density at radius 1 is 1.17 bits per heavy atom. The smallest absolute Gasteiger partial charge is 0.272 e. The number of likely N-dealkylation sites (tertiary alicyclic amines) is 1. The van der Waals surface area contributed by atoms with Crippen molar-refractivity contribution in [3.8, 4) is 5.75 Å². The van der Waals surface area contributed by atoms with Gasteiger partial charge in [0.2, 0.25) is 11.9 Å². The van der Waals surface area contributed by atoms with Gasteiger partial charge in [0.05, 0.1) is 31.1 Å². The molecule has 3 heterocycles. The van der Waals surface area contributed by atoms with Crippen molar-refractivity contribution in [3.05, 3.63) is 48.4 Å². The fraction of sp³-hybridized carbons (Fsp3) is 0.548. The van der Waals surface area contributed by atoms with Gasteiger partial charge in [-0.2, -0.15) is 4.98 Å². The molecule has 1 N–H and O–H groups in total. The fourth-order valence-electron chi connectivity index (χ4n) is 6.36. The number of carbonyl (C=O) groups excluding carboxylic acids is 2. The van der Waals surface area contributed by atoms with Gasteiger partial charge in [0.15, 0.2) is 5.82 Å². The van der Waals surface area contributed by atoms with E-state index in [-0.39, 0.29) is 36.3 Å². The second-order valence-electron chi connectivity index (χ2n) is 11.7. The molecule has 2 amide bonds. The molecule has 1 aliphatic carbocycles. The summed E-state index contributed by atoms with van der Waals surface area (Å²) in [6.45, 7) is 5.51. The van der Waals surface area contributed by atoms with Crippen LogP contribution in [0.25, 0.3) is 0 Å². The number of halogens is 1. The Hall–Kier alpha value is -3.73. The minimum Gasteiger partial charge on any atom is -0.497 e. The van der Waals surface area contributed by atoms with E-state index in [1.165, 1.54) is 11.3 Å². The number of allylic oxidation sites excluding steroid dienone is 1. The number of carbonyl (C=O) groups is 2. The molecule has 1 saturated carbocycles. The average molecular weight is 580 g/mol. The molecule has 0 radical (unpaired) electrons. The Balaban J connectivity index is 1.51. The number of hydrogen-bond acceptors (Lipinski definition) is 8. The maximum absolute atomic E-state index is 14.0. The van der Waals surface area contributed by atoms with Crippen molar-refractivity contribution < 1.29 is 18.7 Å². The molecule has 2 fully saturated rings. The van der Waals surface area contributed by atoms with Crippen LogP contribution in [0.3, 0.4) is 0 Å². The van der Waals surface area contributed by atoms with E-state index < -0.39 is 11.7 Å². The summed E-state index contributed by atoms with van der Waals surface area (Å²) in [6.07, 6.45) is 8.51. The number of benzene rings is 1. The number of methoxy groups -OCH3 is 1. The summed E-state index contributed by atoms with van der Waals surface area (Å²) in [7, 11) is 5.34. The molecule has 1 atom stereocenters. The molecule has 0 bridgehead atoms. The predicted molar refractivity (Wildman–Crippen MR) is 161 cm³/mol. The highest BCUT2D eigenvalue weighted by Gasteiger charge is 2.37. The number of fused-ring (bicyclic) bond motifs is 1. The molecule has 1 aromatic carbocycles. The predicted octanol–water partition coefficient (Wildman–Crippen LogP) is 4.65. The molecular weight excluding hydrogens is 537 g/mol. The third-order valence-electron chi connectivity index (χ3n) is 8.77. The highest BCUT2D eigenvalue weighted by atomic mass is 19.1. The molecule has 11 heteroatoms. The molecular formula is C31H42FN7O3. The van der Waals surface area contributed by atoms with Crippen LogP contribution in [-0.2, 0) is 4.79 Å². The van der Waals surface area contributed by atoms with E-state index in [4.69, 9.17) is 9.72 Å². The molecule has 10 nitrogen and oxygen atoms in total. The van der Waals surface area contributed by atoms with Gasteiger partial charge in [0, 0.05) is 31.6 Å². The number of anilines is 3. The van der Waals surface area contributed by atoms with Crippen LogP contribution in [0.1, 0.15) is 61.7 Å². The molecule has 1 aromatic heterocycles. The number of amides is 2. The normalized spacial score (nSPS) is 20.6. The summed E-state index contributed by atoms with van der Waals surface area (Å²) >= 11 is 0. The van der Waals surface area contributed by atoms with Gasteiger partial charge in [-0.3, -0.25) is 15.0 Å². The first-order chi connectivity index (χ1) is 20.2. The van der Waals surface area contributed by atoms with E-state index in [0.29, 0.717) is 29.4 Å². The lowest BCUT2D eigenvalue weighted by Gasteiger charge is -2.38. The van der Waals surface area contributed by atoms with Crippen molar-refractivity contribution >= 4 is 29.3 Å². The zero-order valence-electron chi connectivity index (χ0n) is 24.9. The molecule has 2 aliphatic heterocycles. The van der Waals surface area contributed by atoms with Gasteiger partial charge in [-0.25, -0.2) is 14.4 Å². The highest BCUT2D eigenvalue weighted by molar-refractivity contribution is 5.99. The maximum Gasteiger partial charge on any atom is 0.272 e. The second-order valence-corrected chi connectivity index (χ2v) is 11.7. The summed E-state index contributed by atoms with van der Waals surface area (Å²) in [5.74, 6) is 0.0452. The van der Waals surface area contributed by atoms with Crippen molar-refractivity contribution in [2.75, 3.05) is 56.1 Å². The number of nitrogens with one attached hydrogen (secondary N) is 1. The largest absolute Gasteiger partial charge is 0.497 e. The van der Waals surface area contributed by atoms with E-state index in [1.807, 2.05) is 6.07 Å². The molecule has 0 spiro atoms. The lowest BCUT2D eigenvalue weighted by molar-refractivity contribution is -0.121. The third-order valence-corrected chi connectivity index (χ3v) is 8.77. The van der Waals surface area contributed by atoms with Gasteiger partial charge >= 0.3 is 0 Å². The quantitative estimate of drug-likeness (QED) is 0.452. The third kappa shape index (κ3) is 6.51. The van der Waals surface area contributed by atoms with Crippen LogP contribution >= 0.6 is 0 Å². The standard InChI is InChI=1S/C31H42FN7O3/c1-21(32)17-23-20-38(24-10-6-5-7-11-24)28-27(37(3)29(23)40)19-33-31(34-28)35-39(25-13-15-36(2)16-14-25)30(41)22-9-8-12-26(18-22)42-4/h8-9,12,18-19,23-25H,1,5-7,10-11,13-17,20H2,2-4H3,(H,33,34,35). The Morgan fingerprint density at radius 3 is 2.60 bits per heavy atom. The summed E-state index contributed by atoms with van der Waals surface area (Å²) < 4.78 is 19.4. The zero-order valence-corrected chi connectivity index (χ0v) is 24.9. The van der Waals surface area contributed by atoms with Crippen molar-refractivity contribution in [2.24, 2.45) is 5.92 Å². The summed E-state index contributed by atoms with van der Waals surface area (Å²) in [6, 6.07) is 7.22. The van der Waals surface area contributed by atoms with Crippen LogP contribution in [0.2, 0.25) is 0 Å². The number of hydrogen-bond donors (Lipinski definition) is 1. The van der Waals surface area contributed by atoms with E-state index >= 15 is 0 Å². The van der Waals surface area contributed by atoms with Crippen LogP contribution in [0, 0.1) is 5.92 Å². The molecule has 3 aliphatic rings. The number of aromatic nitrogens is 2. The first-order valence-corrected chi connectivity index (χ1v) is 14.9. The fourth-order valence-corrected chi connectivity index (χ4v) is 6.36. The van der Waals surface area contributed by atoms with Crippen LogP contribution in [0.5, 0.6) is 5.75 Å². The van der Waals surface area contributed by atoms with Gasteiger partial charge in [0.25, 0.3) is 5.91 Å². The summed E-state index contributed by atoms with van der Waals surface area (Å²) in [4.78, 5) is 42.8. The maximum atomic E-state index is 14.0. The first-order valence-electron chi connectivity index (χ1n) is 14.9. The molecule has 226 valence electrons. The molecule has 1 saturated heterocycles. The average Bonchev–Trinajstić information content (AvgIpc) is 3.10. The minimum absolute atomic E-state index is 0.0299. The van der Waals surface area contributed by atoms with Gasteiger partial charge in [-0.05, 0) is 64.0 Å². The van der Waals surface area contributed by atoms with Crippen molar-refractivity contribution in [1.29, 1.82) is 0 Å². The number of ether oxygens (including phenoxy) is 1. The lowest BCUT2D eigenvalue weighted by atomic mass is 9.93. The monoisotopic (exact) mass is 579 g/mol. The lowest BCUT2D eigenvalue weighted by Crippen LogP contribution is -2.49. The Bertz CT molecular complexity index is 1290. The number of nitrogens with zero attached hydrogens (tertiary/aromatic N) is 6. The van der Waals surface area contributed by atoms with Crippen LogP contribution in [0.4, 0.5) is 21.8 Å². The number of hydrazine groups is 1. The van der Waals surface area contributed by atoms with Gasteiger partial charge in [-0.15, -0.1) is 0 Å². The first kappa shape index (κ1) is 29.8. The van der Waals surface area contributed by atoms with E-state index in [9.17, 15) is 14.0 Å². The van der Waals surface area contributed by atoms with Crippen LogP contribution in [0.15, 0.2) is 42.9 Å². The Morgan fingerprint density at radius 2 is 1.90 bits per heavy atom. The van der Waals surface area contributed by atoms with E-state index in [2.05, 4.69) is 33.8 Å². The Kier molecular flexibility index (Phi) is 9.25. The molecule has 1 unspecified atom stereocenters. The SMILES string of the molecule is C=C(F)CC1CN(C2CCCCC2)c2nc(NN(C(=O)c3cccc(OC)c3)C3CCN(C)CC3)ncc2N(C)C1=O. The van der Waals surface area contributed by atoms with E-state index in [1.54, 1.807) is 43.6 Å². The van der Waals surface area contributed by atoms with Crippen molar-refractivity contribution in [1.82, 2.24) is 19.9 Å². The van der Waals surface area contributed by atoms with Crippen molar-refractivity contribution in [2.45, 2.75) is 63.5 Å². The topological polar surface area (TPSA) is 94.1 Å². The minimum atomic E-state index is -0.578. The molecule has 42 heavy (non-hydrogen) atoms. The molecule has 5 rings (SSSR count). The second kappa shape index (κ2) is 13.1. The summed E-state index contributed by atoms with van der Waals surface area (Å²) in [5.41, 5.74) is 4.34. The number of rotatable bonds is 8. The van der Waals surface area contributed by atoms with Crippen LogP contribution in [-0.4, -0.2) is 84.6 Å². The van der Waals surface area contributed by atoms with Gasteiger partial charge in [-0.1, -0.05) is 31.9 Å². The van der Waals surface area contributed by atoms with Gasteiger partial charge < -0.3 is 19.4 Å². The van der Waals surface area contributed by atoms with Crippen molar-refractivity contribution in [3.63, 3.8) is 0 Å².